The molecule has 0 saturated carbocycles. The lowest BCUT2D eigenvalue weighted by Crippen LogP contribution is -2.39. The number of hydrogen-bond acceptors (Lipinski definition) is 9. The summed E-state index contributed by atoms with van der Waals surface area (Å²) < 4.78 is 12.9. The Bertz CT molecular complexity index is 877. The van der Waals surface area contributed by atoms with Gasteiger partial charge in [-0.2, -0.15) is 0 Å². The van der Waals surface area contributed by atoms with Gasteiger partial charge < -0.3 is 14.4 Å². The molecule has 10 heteroatoms. The third kappa shape index (κ3) is 3.78. The van der Waals surface area contributed by atoms with Crippen molar-refractivity contribution in [3.63, 3.8) is 0 Å². The molecule has 0 aromatic carbocycles. The van der Waals surface area contributed by atoms with Crippen molar-refractivity contribution in [1.82, 2.24) is 30.2 Å². The van der Waals surface area contributed by atoms with Gasteiger partial charge in [0.1, 0.15) is 11.1 Å². The number of rotatable bonds is 3. The number of nitrogens with zero attached hydrogens (tertiary/aromatic N) is 7. The van der Waals surface area contributed by atoms with Crippen molar-refractivity contribution in [2.75, 3.05) is 37.8 Å². The van der Waals surface area contributed by atoms with Gasteiger partial charge in [-0.1, -0.05) is 13.8 Å². The highest BCUT2D eigenvalue weighted by Crippen LogP contribution is 2.31. The van der Waals surface area contributed by atoms with E-state index in [2.05, 4.69) is 30.9 Å². The van der Waals surface area contributed by atoms with E-state index in [-0.39, 0.29) is 6.10 Å². The maximum atomic E-state index is 5.96. The quantitative estimate of drug-likeness (QED) is 0.672. The van der Waals surface area contributed by atoms with Gasteiger partial charge in [-0.05, 0) is 29.0 Å². The van der Waals surface area contributed by atoms with Crippen molar-refractivity contribution in [3.05, 3.63) is 28.2 Å². The van der Waals surface area contributed by atoms with Gasteiger partial charge in [-0.15, -0.1) is 26.2 Å². The van der Waals surface area contributed by atoms with Crippen LogP contribution in [0.3, 0.4) is 0 Å². The predicted molar refractivity (Wildman–Crippen MR) is 101 cm³/mol. The highest BCUT2D eigenvalue weighted by molar-refractivity contribution is 7.09. The lowest BCUT2D eigenvalue weighted by atomic mass is 10.1. The summed E-state index contributed by atoms with van der Waals surface area (Å²) in [7, 11) is 0. The first kappa shape index (κ1) is 18.2. The van der Waals surface area contributed by atoms with Crippen LogP contribution in [-0.4, -0.2) is 63.1 Å². The maximum absolute atomic E-state index is 5.96. The average Bonchev–Trinajstić information content (AvgIpc) is 3.50. The molecule has 2 aliphatic heterocycles. The highest BCUT2D eigenvalue weighted by Gasteiger charge is 2.27. The van der Waals surface area contributed by atoms with E-state index in [1.165, 1.54) is 4.63 Å². The smallest absolute Gasteiger partial charge is 0.200 e. The standard InChI is InChI=1S/C15H17N7O2S.C2H6/c1-2-14(18-22-13(1)17-19-20-22)21-4-6-24-12(7-21)15-16-11(9-25-15)10-3-5-23-8-10;1-2/h1-2,9-10,12H,3-8H2;1-2H3. The fourth-order valence-electron chi connectivity index (χ4n) is 3.22. The minimum absolute atomic E-state index is 0.0406. The van der Waals surface area contributed by atoms with Crippen molar-refractivity contribution in [2.24, 2.45) is 0 Å². The molecule has 2 aliphatic rings. The van der Waals surface area contributed by atoms with Crippen LogP contribution in [0.4, 0.5) is 5.82 Å². The lowest BCUT2D eigenvalue weighted by molar-refractivity contribution is 0.0391. The zero-order valence-electron chi connectivity index (χ0n) is 15.5. The Kier molecular flexibility index (Phi) is 5.55. The topological polar surface area (TPSA) is 90.6 Å². The van der Waals surface area contributed by atoms with E-state index in [0.29, 0.717) is 18.2 Å². The van der Waals surface area contributed by atoms with E-state index < -0.39 is 0 Å². The summed E-state index contributed by atoms with van der Waals surface area (Å²) in [6.07, 6.45) is 1.01. The Morgan fingerprint density at radius 3 is 3.00 bits per heavy atom. The number of aromatic nitrogens is 6. The lowest BCUT2D eigenvalue weighted by Gasteiger charge is -2.32. The first-order chi connectivity index (χ1) is 13.4. The van der Waals surface area contributed by atoms with Gasteiger partial charge in [0.15, 0.2) is 11.5 Å². The fraction of sp³-hybridized carbons (Fsp3) is 0.588. The maximum Gasteiger partial charge on any atom is 0.200 e. The molecule has 2 unspecified atom stereocenters. The SMILES string of the molecule is CC.c1sc(C2CN(c3ccc4nnnn4n3)CCO2)nc1C1CCOC1. The molecule has 0 aliphatic carbocycles. The number of thiazole rings is 1. The molecule has 0 N–H and O–H groups in total. The van der Waals surface area contributed by atoms with Crippen molar-refractivity contribution in [3.8, 4) is 0 Å². The number of fused-ring (bicyclic) bond motifs is 1. The first-order valence-corrected chi connectivity index (χ1v) is 10.2. The molecule has 0 amide bonds. The van der Waals surface area contributed by atoms with Crippen LogP contribution < -0.4 is 4.90 Å². The van der Waals surface area contributed by atoms with Gasteiger partial charge in [0, 0.05) is 24.4 Å². The van der Waals surface area contributed by atoms with Crippen molar-refractivity contribution in [1.29, 1.82) is 0 Å². The molecule has 2 atom stereocenters. The number of hydrogen-bond donors (Lipinski definition) is 0. The van der Waals surface area contributed by atoms with Crippen molar-refractivity contribution < 1.29 is 9.47 Å². The molecule has 0 spiro atoms. The molecular formula is C17H23N7O2S. The monoisotopic (exact) mass is 389 g/mol. The largest absolute Gasteiger partial charge is 0.381 e. The number of anilines is 1. The number of morpholine rings is 1. The summed E-state index contributed by atoms with van der Waals surface area (Å²) in [5, 5.41) is 19.0. The fourth-order valence-corrected chi connectivity index (χ4v) is 4.16. The molecular weight excluding hydrogens is 366 g/mol. The summed E-state index contributed by atoms with van der Waals surface area (Å²) in [4.78, 5) is 7.00. The number of ether oxygens (including phenoxy) is 2. The Labute approximate surface area is 161 Å². The highest BCUT2D eigenvalue weighted by atomic mass is 32.1. The molecule has 27 heavy (non-hydrogen) atoms. The molecule has 0 radical (unpaired) electrons. The Hall–Kier alpha value is -2.17. The van der Waals surface area contributed by atoms with Gasteiger partial charge in [0.25, 0.3) is 0 Å². The average molecular weight is 389 g/mol. The van der Waals surface area contributed by atoms with Gasteiger partial charge in [0.05, 0.1) is 25.5 Å². The van der Waals surface area contributed by atoms with E-state index in [4.69, 9.17) is 14.5 Å². The zero-order chi connectivity index (χ0) is 18.6. The van der Waals surface area contributed by atoms with Crippen LogP contribution >= 0.6 is 11.3 Å². The Morgan fingerprint density at radius 2 is 2.15 bits per heavy atom. The van der Waals surface area contributed by atoms with Crippen LogP contribution in [0, 0.1) is 0 Å². The van der Waals surface area contributed by atoms with E-state index in [1.54, 1.807) is 11.3 Å². The summed E-state index contributed by atoms with van der Waals surface area (Å²) in [5.41, 5.74) is 1.77. The summed E-state index contributed by atoms with van der Waals surface area (Å²) >= 11 is 1.67. The second kappa shape index (κ2) is 8.24. The van der Waals surface area contributed by atoms with Gasteiger partial charge in [-0.3, -0.25) is 0 Å². The van der Waals surface area contributed by atoms with E-state index in [9.17, 15) is 0 Å². The first-order valence-electron chi connectivity index (χ1n) is 9.32. The second-order valence-electron chi connectivity index (χ2n) is 6.19. The number of tetrazole rings is 1. The minimum Gasteiger partial charge on any atom is -0.381 e. The van der Waals surface area contributed by atoms with Crippen LogP contribution in [0.1, 0.15) is 43.0 Å². The predicted octanol–water partition coefficient (Wildman–Crippen LogP) is 2.08. The van der Waals surface area contributed by atoms with Crippen LogP contribution in [0.15, 0.2) is 17.5 Å². The second-order valence-corrected chi connectivity index (χ2v) is 7.08. The molecule has 5 heterocycles. The van der Waals surface area contributed by atoms with Gasteiger partial charge in [0.2, 0.25) is 0 Å². The molecule has 144 valence electrons. The van der Waals surface area contributed by atoms with E-state index in [1.807, 2.05) is 26.0 Å². The van der Waals surface area contributed by atoms with Crippen LogP contribution in [0.25, 0.3) is 5.65 Å². The Balaban J connectivity index is 0.000000872. The summed E-state index contributed by atoms with van der Waals surface area (Å²) in [6, 6.07) is 3.81. The van der Waals surface area contributed by atoms with Crippen LogP contribution in [-0.2, 0) is 9.47 Å². The molecule has 3 aromatic heterocycles. The Morgan fingerprint density at radius 1 is 1.22 bits per heavy atom. The molecule has 0 bridgehead atoms. The summed E-state index contributed by atoms with van der Waals surface area (Å²) in [6.45, 7) is 7.75. The third-order valence-electron chi connectivity index (χ3n) is 4.61. The third-order valence-corrected chi connectivity index (χ3v) is 5.56. The molecule has 5 rings (SSSR count). The van der Waals surface area contributed by atoms with Crippen LogP contribution in [0.5, 0.6) is 0 Å². The van der Waals surface area contributed by atoms with Gasteiger partial charge >= 0.3 is 0 Å². The van der Waals surface area contributed by atoms with E-state index >= 15 is 0 Å². The minimum atomic E-state index is -0.0406. The summed E-state index contributed by atoms with van der Waals surface area (Å²) in [5.74, 6) is 1.27. The zero-order valence-corrected chi connectivity index (χ0v) is 16.3. The molecule has 2 saturated heterocycles. The molecule has 2 fully saturated rings. The van der Waals surface area contributed by atoms with Crippen molar-refractivity contribution >= 4 is 22.8 Å². The van der Waals surface area contributed by atoms with Crippen molar-refractivity contribution in [2.45, 2.75) is 32.3 Å². The molecule has 3 aromatic rings. The normalized spacial score (nSPS) is 22.7. The molecule has 9 nitrogen and oxygen atoms in total. The van der Waals surface area contributed by atoms with Crippen LogP contribution in [0.2, 0.25) is 0 Å². The van der Waals surface area contributed by atoms with E-state index in [0.717, 1.165) is 49.2 Å². The van der Waals surface area contributed by atoms with Gasteiger partial charge in [-0.25, -0.2) is 4.98 Å².